The normalized spacial score (nSPS) is 15.1. The van der Waals surface area contributed by atoms with E-state index >= 15 is 0 Å². The number of anilines is 6. The first-order valence-electron chi connectivity index (χ1n) is 43.9. The molecule has 0 bridgehead atoms. The van der Waals surface area contributed by atoms with Crippen LogP contribution in [0.25, 0.3) is 133 Å². The number of aliphatic hydroxyl groups excluding tert-OH is 3. The van der Waals surface area contributed by atoms with E-state index in [4.69, 9.17) is 37.1 Å². The monoisotopic (exact) mass is 1820 g/mol. The van der Waals surface area contributed by atoms with Gasteiger partial charge in [0.15, 0.2) is 34.1 Å². The Hall–Kier alpha value is -13.1. The van der Waals surface area contributed by atoms with Gasteiger partial charge in [0.2, 0.25) is 0 Å². The van der Waals surface area contributed by atoms with Crippen LogP contribution < -0.4 is 26.6 Å². The van der Waals surface area contributed by atoms with Crippen LogP contribution in [0.5, 0.6) is 0 Å². The SMILES string of the molecule is CCCNc1ccc2ncc(-c3cc4ccccc4[nH]3)n2n1.Cc1c(-c2cnc3ccc(NC4CCC(O)CC4)nn23)sc2ccc(Cl)cc12.Cc1c(-c2cnc3ccc(NCCCCO)nn23)sc2ccccc12.Cc1ccc2sc(-c3cnc4ccc(Nc5ccc(C)c(C)c5)nn34)cc2c1.OC1CCC(Nc2ccc3ncc(-c4cc5cc(F)ccc5s4)n3n2)CC1. The lowest BCUT2D eigenvalue weighted by Gasteiger charge is -2.26. The molecule has 0 radical (unpaired) electrons. The molecule has 24 nitrogen and oxygen atoms in total. The molecule has 2 aliphatic rings. The van der Waals surface area contributed by atoms with E-state index in [0.29, 0.717) is 12.1 Å². The first-order chi connectivity index (χ1) is 63.4. The molecule has 2 fully saturated rings. The molecule has 2 saturated carbocycles. The van der Waals surface area contributed by atoms with Gasteiger partial charge in [-0.1, -0.05) is 78.7 Å². The summed E-state index contributed by atoms with van der Waals surface area (Å²) in [7, 11) is 0. The highest BCUT2D eigenvalue weighted by atomic mass is 35.5. The summed E-state index contributed by atoms with van der Waals surface area (Å²) >= 11 is 13.1. The molecule has 130 heavy (non-hydrogen) atoms. The molecule has 0 atom stereocenters. The molecule has 9 N–H and O–H groups in total. The molecule has 6 aromatic carbocycles. The van der Waals surface area contributed by atoms with Crippen molar-refractivity contribution in [3.05, 3.63) is 270 Å². The molecule has 0 amide bonds. The predicted octanol–water partition coefficient (Wildman–Crippen LogP) is 23.8. The molecule has 30 heteroatoms. The fourth-order valence-corrected chi connectivity index (χ4v) is 21.3. The third kappa shape index (κ3) is 18.9. The number of nitrogens with one attached hydrogen (secondary N) is 6. The van der Waals surface area contributed by atoms with Gasteiger partial charge in [-0.25, -0.2) is 51.9 Å². The van der Waals surface area contributed by atoms with Crippen LogP contribution in [0.3, 0.4) is 0 Å². The Kier molecular flexibility index (Phi) is 25.4. The van der Waals surface area contributed by atoms with Crippen molar-refractivity contribution in [2.24, 2.45) is 0 Å². The number of halogens is 2. The van der Waals surface area contributed by atoms with Crippen LogP contribution in [0.2, 0.25) is 5.02 Å². The highest BCUT2D eigenvalue weighted by Gasteiger charge is 2.25. The van der Waals surface area contributed by atoms with Crippen molar-refractivity contribution in [3.8, 4) is 53.7 Å². The fraction of sp³-hybridized carbons (Fsp3) is 0.240. The number of unbranched alkanes of at least 4 members (excludes halogenated alkanes) is 1. The summed E-state index contributed by atoms with van der Waals surface area (Å²) in [5, 5.41) is 75.5. The lowest BCUT2D eigenvalue weighted by atomic mass is 9.93. The number of fused-ring (bicyclic) bond motifs is 10. The summed E-state index contributed by atoms with van der Waals surface area (Å²) < 4.78 is 27.8. The fourth-order valence-electron chi connectivity index (χ4n) is 16.6. The molecule has 0 aliphatic heterocycles. The summed E-state index contributed by atoms with van der Waals surface area (Å²) in [5.41, 5.74) is 18.5. The van der Waals surface area contributed by atoms with Crippen LogP contribution in [0.4, 0.5) is 39.2 Å². The van der Waals surface area contributed by atoms with Gasteiger partial charge in [0.25, 0.3) is 0 Å². The highest BCUT2D eigenvalue weighted by Crippen LogP contribution is 2.43. The molecular formula is C100H97ClFN21O3S4. The van der Waals surface area contributed by atoms with Crippen molar-refractivity contribution in [1.82, 2.24) is 78.0 Å². The Labute approximate surface area is 769 Å². The number of aryl methyl sites for hydroxylation is 5. The number of nitrogens with zero attached hydrogens (tertiary/aromatic N) is 15. The maximum atomic E-state index is 13.5. The largest absolute Gasteiger partial charge is 0.396 e. The Balaban J connectivity index is 0.000000106. The van der Waals surface area contributed by atoms with E-state index in [-0.39, 0.29) is 24.6 Å². The molecule has 21 aromatic rings. The molecule has 2 aliphatic carbocycles. The second-order valence-electron chi connectivity index (χ2n) is 33.1. The lowest BCUT2D eigenvalue weighted by Crippen LogP contribution is -2.28. The molecule has 0 saturated heterocycles. The van der Waals surface area contributed by atoms with Crippen LogP contribution in [-0.2, 0) is 0 Å². The second kappa shape index (κ2) is 38.3. The summed E-state index contributed by atoms with van der Waals surface area (Å²) in [6.45, 7) is 14.7. The number of benzene rings is 6. The van der Waals surface area contributed by atoms with Gasteiger partial charge in [-0.15, -0.1) is 70.8 Å². The number of rotatable bonds is 19. The van der Waals surface area contributed by atoms with Gasteiger partial charge in [0.1, 0.15) is 57.6 Å². The Morgan fingerprint density at radius 1 is 0.423 bits per heavy atom. The average Bonchev–Trinajstić information content (AvgIpc) is 1.66. The van der Waals surface area contributed by atoms with Gasteiger partial charge >= 0.3 is 0 Å². The standard InChI is InChI=1S/C23H20N4S.C21H21ClN4OS.C20H19FN4OS.C19H20N4OS.C17H17N5/c1-14-4-7-20-17(10-14)12-21(28-20)19-13-24-23-9-8-22(26-27(19)23)25-18-6-5-15(2)16(3)11-18;1-12-16-10-13(22)2-7-18(16)28-21(12)17-11-23-20-9-8-19(25-26(17)20)24-14-3-5-15(27)6-4-14;21-13-1-6-17-12(9-13)10-18(27-17)16-11-22-20-8-7-19(24-25(16)20)23-14-2-4-15(26)5-3-14;1-13-14-6-2-3-7-16(14)25-19(13)15-12-21-18-9-8-17(22-23(15)18)20-10-4-5-11-24;1-2-9-18-16-7-8-17-19-11-15(22(17)21-16)14-10-12-5-3-4-6-13(12)20-14/h4-13H,1-3H3,(H,25,26);2,7-11,14-15,27H,3-6H2,1H3,(H,24,25);1,6-11,14-15,26H,2-5H2,(H,23,24);2-3,6-9,12,24H,4-5,10-11H2,1H3,(H,20,22);3-8,10-11,20H,2,9H2,1H3,(H,18,21). The highest BCUT2D eigenvalue weighted by molar-refractivity contribution is 7.23. The van der Waals surface area contributed by atoms with Crippen LogP contribution >= 0.6 is 56.9 Å². The maximum absolute atomic E-state index is 13.5. The van der Waals surface area contributed by atoms with Crippen molar-refractivity contribution in [2.75, 3.05) is 46.3 Å². The van der Waals surface area contributed by atoms with Crippen LogP contribution in [0, 0.1) is 40.4 Å². The van der Waals surface area contributed by atoms with Gasteiger partial charge in [0.05, 0.1) is 68.4 Å². The summed E-state index contributed by atoms with van der Waals surface area (Å²) in [4.78, 5) is 30.5. The van der Waals surface area contributed by atoms with Crippen LogP contribution in [0.1, 0.15) is 105 Å². The zero-order chi connectivity index (χ0) is 89.0. The Morgan fingerprint density at radius 3 is 1.48 bits per heavy atom. The van der Waals surface area contributed by atoms with Gasteiger partial charge in [-0.2, -0.15) is 0 Å². The number of aromatic nitrogens is 16. The van der Waals surface area contributed by atoms with Gasteiger partial charge in [-0.05, 0) is 295 Å². The molecular weight excluding hydrogens is 1730 g/mol. The van der Waals surface area contributed by atoms with E-state index in [2.05, 4.69) is 194 Å². The Bertz CT molecular complexity index is 7600. The Morgan fingerprint density at radius 2 is 0.908 bits per heavy atom. The van der Waals surface area contributed by atoms with E-state index in [1.54, 1.807) is 57.5 Å². The number of imidazole rings is 5. The molecule has 0 unspecified atom stereocenters. The third-order valence-corrected chi connectivity index (χ3v) is 28.9. The predicted molar refractivity (Wildman–Crippen MR) is 531 cm³/mol. The number of thiophene rings is 4. The van der Waals surface area contributed by atoms with Crippen molar-refractivity contribution in [2.45, 2.75) is 136 Å². The van der Waals surface area contributed by atoms with Crippen molar-refractivity contribution >= 4 is 171 Å². The van der Waals surface area contributed by atoms with E-state index in [1.165, 1.54) is 79.3 Å². The zero-order valence-corrected chi connectivity index (χ0v) is 76.6. The van der Waals surface area contributed by atoms with Gasteiger partial charge < -0.3 is 46.9 Å². The van der Waals surface area contributed by atoms with Crippen molar-refractivity contribution in [3.63, 3.8) is 0 Å². The minimum Gasteiger partial charge on any atom is -0.396 e. The van der Waals surface area contributed by atoms with E-state index in [0.717, 1.165) is 211 Å². The molecule has 658 valence electrons. The van der Waals surface area contributed by atoms with Crippen molar-refractivity contribution in [1.29, 1.82) is 0 Å². The number of H-pyrrole nitrogens is 1. The van der Waals surface area contributed by atoms with Gasteiger partial charge in [0, 0.05) is 72.2 Å². The van der Waals surface area contributed by atoms with E-state index in [1.807, 2.05) is 145 Å². The summed E-state index contributed by atoms with van der Waals surface area (Å²) in [6, 6.07) is 67.2. The number of hydrogen-bond acceptors (Lipinski definition) is 22. The lowest BCUT2D eigenvalue weighted by molar-refractivity contribution is 0.125. The molecule has 15 heterocycles. The minimum absolute atomic E-state index is 0.154. The van der Waals surface area contributed by atoms with Crippen LogP contribution in [0.15, 0.2) is 231 Å². The van der Waals surface area contributed by atoms with Crippen molar-refractivity contribution < 1.29 is 19.7 Å². The molecule has 23 rings (SSSR count). The summed E-state index contributed by atoms with van der Waals surface area (Å²) in [5.74, 6) is 3.90. The smallest absolute Gasteiger partial charge is 0.154 e. The summed E-state index contributed by atoms with van der Waals surface area (Å²) in [6.07, 6.45) is 19.0. The topological polar surface area (TPSA) is 288 Å². The quantitative estimate of drug-likeness (QED) is 0.0340. The number of aromatic amines is 1. The van der Waals surface area contributed by atoms with Crippen LogP contribution in [-0.4, -0.2) is 137 Å². The minimum atomic E-state index is -0.229. The number of para-hydroxylation sites is 1. The third-order valence-electron chi connectivity index (χ3n) is 23.8. The molecule has 15 aromatic heterocycles. The van der Waals surface area contributed by atoms with E-state index in [9.17, 15) is 14.6 Å². The zero-order valence-electron chi connectivity index (χ0n) is 72.6. The molecule has 0 spiro atoms. The average molecular weight is 1820 g/mol. The first kappa shape index (κ1) is 86.3. The second-order valence-corrected chi connectivity index (χ2v) is 37.8. The number of hydrogen-bond donors (Lipinski definition) is 9. The van der Waals surface area contributed by atoms with E-state index < -0.39 is 0 Å². The first-order valence-corrected chi connectivity index (χ1v) is 47.6. The van der Waals surface area contributed by atoms with Gasteiger partial charge in [-0.3, -0.25) is 0 Å². The number of aliphatic hydroxyl groups is 3. The maximum Gasteiger partial charge on any atom is 0.154 e.